The summed E-state index contributed by atoms with van der Waals surface area (Å²) in [7, 11) is 4.00. The first-order chi connectivity index (χ1) is 11.5. The summed E-state index contributed by atoms with van der Waals surface area (Å²) >= 11 is 3.43. The van der Waals surface area contributed by atoms with E-state index in [4.69, 9.17) is 0 Å². The first-order valence-electron chi connectivity index (χ1n) is 7.64. The van der Waals surface area contributed by atoms with Crippen LogP contribution < -0.4 is 10.2 Å². The lowest BCUT2D eigenvalue weighted by atomic mass is 10.2. The Morgan fingerprint density at radius 2 is 1.92 bits per heavy atom. The van der Waals surface area contributed by atoms with Gasteiger partial charge in [0.25, 0.3) is 5.91 Å². The molecule has 0 fully saturated rings. The normalized spacial score (nSPS) is 10.8. The topological polar surface area (TPSA) is 49.6 Å². The van der Waals surface area contributed by atoms with Crippen LogP contribution in [0.2, 0.25) is 0 Å². The lowest BCUT2D eigenvalue weighted by molar-refractivity contribution is 0.0944. The molecule has 0 saturated carbocycles. The molecule has 3 aromatic rings. The van der Waals surface area contributed by atoms with Gasteiger partial charge in [-0.1, -0.05) is 12.1 Å². The molecule has 2 aromatic heterocycles. The number of rotatable bonds is 4. The second-order valence-corrected chi connectivity index (χ2v) is 6.78. The zero-order valence-electron chi connectivity index (χ0n) is 13.9. The average molecular weight is 387 g/mol. The van der Waals surface area contributed by atoms with Crippen LogP contribution in [0.4, 0.5) is 5.69 Å². The number of halogens is 1. The number of nitrogens with one attached hydrogen (secondary N) is 1. The number of aromatic nitrogens is 2. The molecule has 1 N–H and O–H groups in total. The molecule has 2 heterocycles. The van der Waals surface area contributed by atoms with Crippen LogP contribution in [0.5, 0.6) is 0 Å². The van der Waals surface area contributed by atoms with Crippen molar-refractivity contribution in [2.45, 2.75) is 13.5 Å². The van der Waals surface area contributed by atoms with Crippen molar-refractivity contribution in [2.24, 2.45) is 0 Å². The summed E-state index contributed by atoms with van der Waals surface area (Å²) in [5.41, 5.74) is 4.23. The monoisotopic (exact) mass is 386 g/mol. The number of anilines is 1. The summed E-state index contributed by atoms with van der Waals surface area (Å²) in [6.45, 7) is 2.33. The zero-order valence-corrected chi connectivity index (χ0v) is 15.5. The maximum Gasteiger partial charge on any atom is 0.270 e. The van der Waals surface area contributed by atoms with E-state index >= 15 is 0 Å². The molecule has 0 unspecified atom stereocenters. The molecular weight excluding hydrogens is 368 g/mol. The second-order valence-electron chi connectivity index (χ2n) is 5.86. The zero-order chi connectivity index (χ0) is 17.3. The van der Waals surface area contributed by atoms with Crippen molar-refractivity contribution in [3.8, 4) is 0 Å². The fourth-order valence-corrected chi connectivity index (χ4v) is 2.92. The van der Waals surface area contributed by atoms with Gasteiger partial charge in [-0.25, -0.2) is 4.98 Å². The van der Waals surface area contributed by atoms with Gasteiger partial charge in [-0.2, -0.15) is 0 Å². The van der Waals surface area contributed by atoms with E-state index in [-0.39, 0.29) is 5.91 Å². The molecule has 0 atom stereocenters. The summed E-state index contributed by atoms with van der Waals surface area (Å²) in [5, 5.41) is 2.97. The predicted octanol–water partition coefficient (Wildman–Crippen LogP) is 3.40. The Bertz CT molecular complexity index is 884. The number of hydrogen-bond donors (Lipinski definition) is 1. The van der Waals surface area contributed by atoms with Crippen molar-refractivity contribution < 1.29 is 4.79 Å². The van der Waals surface area contributed by atoms with E-state index in [0.29, 0.717) is 17.9 Å². The van der Waals surface area contributed by atoms with Crippen molar-refractivity contribution >= 4 is 33.2 Å². The molecule has 0 aliphatic carbocycles. The number of imidazole rings is 1. The Labute approximate surface area is 149 Å². The summed E-state index contributed by atoms with van der Waals surface area (Å²) in [4.78, 5) is 19.1. The van der Waals surface area contributed by atoms with Crippen molar-refractivity contribution in [1.82, 2.24) is 14.7 Å². The maximum absolute atomic E-state index is 12.6. The highest BCUT2D eigenvalue weighted by molar-refractivity contribution is 9.10. The second kappa shape index (κ2) is 6.65. The van der Waals surface area contributed by atoms with Gasteiger partial charge in [-0.3, -0.25) is 9.20 Å². The van der Waals surface area contributed by atoms with Crippen LogP contribution in [0.1, 0.15) is 21.7 Å². The SMILES string of the molecule is Cc1nc2ccc(Br)cn2c1C(=O)NCc1ccc(N(C)C)cc1. The molecule has 0 aliphatic rings. The molecule has 0 aliphatic heterocycles. The molecule has 1 amide bonds. The number of fused-ring (bicyclic) bond motifs is 1. The standard InChI is InChI=1S/C18H19BrN4O/c1-12-17(23-11-14(19)6-9-16(23)21-12)18(24)20-10-13-4-7-15(8-5-13)22(2)3/h4-9,11H,10H2,1-3H3,(H,20,24). The Kier molecular flexibility index (Phi) is 4.57. The van der Waals surface area contributed by atoms with Gasteiger partial charge in [0, 0.05) is 37.0 Å². The molecule has 0 saturated heterocycles. The van der Waals surface area contributed by atoms with Gasteiger partial charge in [-0.05, 0) is 52.7 Å². The Balaban J connectivity index is 1.78. The lowest BCUT2D eigenvalue weighted by Crippen LogP contribution is -2.25. The molecule has 0 radical (unpaired) electrons. The number of pyridine rings is 1. The number of nitrogens with zero attached hydrogens (tertiary/aromatic N) is 3. The minimum Gasteiger partial charge on any atom is -0.378 e. The molecule has 24 heavy (non-hydrogen) atoms. The highest BCUT2D eigenvalue weighted by Crippen LogP contribution is 2.17. The van der Waals surface area contributed by atoms with Gasteiger partial charge >= 0.3 is 0 Å². The van der Waals surface area contributed by atoms with E-state index in [2.05, 4.69) is 26.2 Å². The van der Waals surface area contributed by atoms with Crippen LogP contribution in [-0.2, 0) is 6.54 Å². The third-order valence-electron chi connectivity index (χ3n) is 3.88. The van der Waals surface area contributed by atoms with Gasteiger partial charge in [0.15, 0.2) is 0 Å². The fourth-order valence-electron chi connectivity index (χ4n) is 2.59. The fraction of sp³-hybridized carbons (Fsp3) is 0.222. The smallest absolute Gasteiger partial charge is 0.270 e. The molecule has 5 nitrogen and oxygen atoms in total. The van der Waals surface area contributed by atoms with Crippen molar-refractivity contribution in [2.75, 3.05) is 19.0 Å². The van der Waals surface area contributed by atoms with Crippen molar-refractivity contribution in [3.05, 3.63) is 64.0 Å². The van der Waals surface area contributed by atoms with Gasteiger partial charge in [-0.15, -0.1) is 0 Å². The molecule has 3 rings (SSSR count). The van der Waals surface area contributed by atoms with E-state index in [1.807, 2.05) is 72.9 Å². The minimum atomic E-state index is -0.130. The van der Waals surface area contributed by atoms with Gasteiger partial charge in [0.2, 0.25) is 0 Å². The summed E-state index contributed by atoms with van der Waals surface area (Å²) < 4.78 is 2.71. The molecule has 1 aromatic carbocycles. The summed E-state index contributed by atoms with van der Waals surface area (Å²) in [6.07, 6.45) is 1.86. The predicted molar refractivity (Wildman–Crippen MR) is 99.6 cm³/mol. The quantitative estimate of drug-likeness (QED) is 0.747. The van der Waals surface area contributed by atoms with E-state index in [1.165, 1.54) is 0 Å². The highest BCUT2D eigenvalue weighted by atomic mass is 79.9. The van der Waals surface area contributed by atoms with Gasteiger partial charge in [0.1, 0.15) is 11.3 Å². The Morgan fingerprint density at radius 3 is 2.58 bits per heavy atom. The minimum absolute atomic E-state index is 0.130. The Morgan fingerprint density at radius 1 is 1.21 bits per heavy atom. The van der Waals surface area contributed by atoms with Crippen LogP contribution >= 0.6 is 15.9 Å². The van der Waals surface area contributed by atoms with Gasteiger partial charge < -0.3 is 10.2 Å². The Hall–Kier alpha value is -2.34. The largest absolute Gasteiger partial charge is 0.378 e. The van der Waals surface area contributed by atoms with Crippen molar-refractivity contribution in [1.29, 1.82) is 0 Å². The molecule has 124 valence electrons. The van der Waals surface area contributed by atoms with Crippen molar-refractivity contribution in [3.63, 3.8) is 0 Å². The number of amides is 1. The third-order valence-corrected chi connectivity index (χ3v) is 4.35. The number of aryl methyl sites for hydroxylation is 1. The number of benzene rings is 1. The summed E-state index contributed by atoms with van der Waals surface area (Å²) in [6, 6.07) is 11.9. The third kappa shape index (κ3) is 3.28. The van der Waals surface area contributed by atoms with E-state index in [9.17, 15) is 4.79 Å². The first kappa shape index (κ1) is 16.5. The first-order valence-corrected chi connectivity index (χ1v) is 8.43. The lowest BCUT2D eigenvalue weighted by Gasteiger charge is -2.13. The number of carbonyl (C=O) groups excluding carboxylic acids is 1. The van der Waals surface area contributed by atoms with Crippen LogP contribution in [-0.4, -0.2) is 29.4 Å². The highest BCUT2D eigenvalue weighted by Gasteiger charge is 2.16. The molecule has 0 bridgehead atoms. The van der Waals surface area contributed by atoms with E-state index in [0.717, 1.165) is 21.4 Å². The van der Waals surface area contributed by atoms with E-state index < -0.39 is 0 Å². The van der Waals surface area contributed by atoms with Crippen LogP contribution in [0, 0.1) is 6.92 Å². The van der Waals surface area contributed by atoms with Gasteiger partial charge in [0.05, 0.1) is 5.69 Å². The molecule has 6 heteroatoms. The average Bonchev–Trinajstić information content (AvgIpc) is 2.88. The number of hydrogen-bond acceptors (Lipinski definition) is 3. The maximum atomic E-state index is 12.6. The van der Waals surface area contributed by atoms with E-state index in [1.54, 1.807) is 0 Å². The molecular formula is C18H19BrN4O. The van der Waals surface area contributed by atoms with Crippen LogP contribution in [0.3, 0.4) is 0 Å². The van der Waals surface area contributed by atoms with Crippen LogP contribution in [0.15, 0.2) is 47.1 Å². The summed E-state index contributed by atoms with van der Waals surface area (Å²) in [5.74, 6) is -0.130. The van der Waals surface area contributed by atoms with Crippen LogP contribution in [0.25, 0.3) is 5.65 Å². The number of carbonyl (C=O) groups is 1. The molecule has 0 spiro atoms.